The van der Waals surface area contributed by atoms with Crippen LogP contribution in [0.25, 0.3) is 0 Å². The third-order valence-electron chi connectivity index (χ3n) is 5.28. The van der Waals surface area contributed by atoms with E-state index >= 15 is 0 Å². The van der Waals surface area contributed by atoms with Gasteiger partial charge in [-0.1, -0.05) is 30.3 Å². The van der Waals surface area contributed by atoms with Crippen LogP contribution in [-0.4, -0.2) is 32.7 Å². The third-order valence-corrected chi connectivity index (χ3v) is 5.28. The summed E-state index contributed by atoms with van der Waals surface area (Å²) in [6.45, 7) is 5.63. The smallest absolute Gasteiger partial charge is 0.257 e. The molecule has 2 N–H and O–H groups in total. The Morgan fingerprint density at radius 1 is 1.06 bits per heavy atom. The van der Waals surface area contributed by atoms with Crippen LogP contribution < -0.4 is 10.7 Å². The number of aliphatic hydroxyl groups is 1. The molecule has 6 nitrogen and oxygen atoms in total. The summed E-state index contributed by atoms with van der Waals surface area (Å²) in [4.78, 5) is 30.2. The lowest BCUT2D eigenvalue weighted by Crippen LogP contribution is -2.48. The molecule has 0 aliphatic heterocycles. The van der Waals surface area contributed by atoms with E-state index in [0.29, 0.717) is 25.1 Å². The number of carbonyl (C=O) groups excluding carboxylic acids is 1. The molecule has 0 aliphatic rings. The monoisotopic (exact) mass is 419 g/mol. The van der Waals surface area contributed by atoms with Gasteiger partial charge in [0.25, 0.3) is 5.91 Å². The highest BCUT2D eigenvalue weighted by atomic mass is 16.3. The van der Waals surface area contributed by atoms with Gasteiger partial charge in [0.15, 0.2) is 5.43 Å². The summed E-state index contributed by atoms with van der Waals surface area (Å²) in [6, 6.07) is 15.4. The molecule has 0 fully saturated rings. The normalized spacial score (nSPS) is 11.4. The zero-order valence-corrected chi connectivity index (χ0v) is 18.3. The maximum Gasteiger partial charge on any atom is 0.257 e. The van der Waals surface area contributed by atoms with Gasteiger partial charge in [-0.3, -0.25) is 14.6 Å². The van der Waals surface area contributed by atoms with Crippen LogP contribution in [-0.2, 0) is 19.4 Å². The Labute approximate surface area is 182 Å². The highest BCUT2D eigenvalue weighted by Gasteiger charge is 2.25. The standard InChI is InChI=1S/C25H29N3O3/c1-18-15-22(30)23(24(31)27-25(2,3)17-29)21(10-9-19-7-5-4-6-8-19)28(18)16-20-11-13-26-14-12-20/h4-8,11-15,29H,9-10,16-17H2,1-3H3,(H,27,31). The summed E-state index contributed by atoms with van der Waals surface area (Å²) in [6.07, 6.45) is 4.69. The highest BCUT2D eigenvalue weighted by molar-refractivity contribution is 5.95. The first-order valence-electron chi connectivity index (χ1n) is 10.4. The van der Waals surface area contributed by atoms with Gasteiger partial charge in [-0.15, -0.1) is 0 Å². The number of nitrogens with one attached hydrogen (secondary N) is 1. The lowest BCUT2D eigenvalue weighted by atomic mass is 10.0. The molecule has 3 rings (SSSR count). The van der Waals surface area contributed by atoms with E-state index in [9.17, 15) is 14.7 Å². The second-order valence-corrected chi connectivity index (χ2v) is 8.39. The van der Waals surface area contributed by atoms with Crippen molar-refractivity contribution in [3.63, 3.8) is 0 Å². The number of carbonyl (C=O) groups is 1. The van der Waals surface area contributed by atoms with E-state index in [4.69, 9.17) is 0 Å². The number of rotatable bonds is 8. The maximum absolute atomic E-state index is 13.1. The number of amides is 1. The Hall–Kier alpha value is -3.25. The van der Waals surface area contributed by atoms with Crippen molar-refractivity contribution in [2.24, 2.45) is 0 Å². The Balaban J connectivity index is 2.08. The average molecular weight is 420 g/mol. The van der Waals surface area contributed by atoms with Gasteiger partial charge in [0, 0.05) is 36.4 Å². The quantitative estimate of drug-likeness (QED) is 0.588. The maximum atomic E-state index is 13.1. The summed E-state index contributed by atoms with van der Waals surface area (Å²) in [5, 5.41) is 12.4. The second-order valence-electron chi connectivity index (χ2n) is 8.39. The van der Waals surface area contributed by atoms with Gasteiger partial charge in [0.2, 0.25) is 0 Å². The largest absolute Gasteiger partial charge is 0.394 e. The average Bonchev–Trinajstić information content (AvgIpc) is 2.75. The fraction of sp³-hybridized carbons (Fsp3) is 0.320. The molecule has 6 heteroatoms. The summed E-state index contributed by atoms with van der Waals surface area (Å²) in [5.74, 6) is -0.462. The number of aromatic nitrogens is 2. The molecular formula is C25H29N3O3. The van der Waals surface area contributed by atoms with E-state index in [0.717, 1.165) is 16.8 Å². The molecular weight excluding hydrogens is 390 g/mol. The van der Waals surface area contributed by atoms with Crippen molar-refractivity contribution in [1.29, 1.82) is 0 Å². The minimum Gasteiger partial charge on any atom is -0.394 e. The lowest BCUT2D eigenvalue weighted by molar-refractivity contribution is 0.0866. The molecule has 0 bridgehead atoms. The van der Waals surface area contributed by atoms with E-state index in [2.05, 4.69) is 10.3 Å². The molecule has 3 aromatic rings. The summed E-state index contributed by atoms with van der Waals surface area (Å²) >= 11 is 0. The SMILES string of the molecule is Cc1cc(=O)c(C(=O)NC(C)(C)CO)c(CCc2ccccc2)n1Cc1ccncc1. The van der Waals surface area contributed by atoms with Crippen molar-refractivity contribution < 1.29 is 9.90 Å². The Morgan fingerprint density at radius 2 is 1.74 bits per heavy atom. The number of nitrogens with zero attached hydrogens (tertiary/aromatic N) is 2. The molecule has 31 heavy (non-hydrogen) atoms. The van der Waals surface area contributed by atoms with Crippen molar-refractivity contribution in [3.05, 3.63) is 99.2 Å². The van der Waals surface area contributed by atoms with Crippen molar-refractivity contribution in [2.75, 3.05) is 6.61 Å². The summed E-state index contributed by atoms with van der Waals surface area (Å²) < 4.78 is 2.03. The highest BCUT2D eigenvalue weighted by Crippen LogP contribution is 2.16. The molecule has 0 saturated carbocycles. The minimum absolute atomic E-state index is 0.136. The minimum atomic E-state index is -0.832. The van der Waals surface area contributed by atoms with Gasteiger partial charge < -0.3 is 15.0 Å². The fourth-order valence-electron chi connectivity index (χ4n) is 3.54. The van der Waals surface area contributed by atoms with Crippen LogP contribution in [0.1, 0.15) is 46.7 Å². The van der Waals surface area contributed by atoms with E-state index in [-0.39, 0.29) is 17.6 Å². The van der Waals surface area contributed by atoms with Crippen molar-refractivity contribution in [3.8, 4) is 0 Å². The Kier molecular flexibility index (Phi) is 7.02. The van der Waals surface area contributed by atoms with Gasteiger partial charge in [-0.05, 0) is 56.9 Å². The number of aliphatic hydroxyl groups excluding tert-OH is 1. The Bertz CT molecular complexity index is 1090. The Morgan fingerprint density at radius 3 is 2.39 bits per heavy atom. The lowest BCUT2D eigenvalue weighted by Gasteiger charge is -2.25. The van der Waals surface area contributed by atoms with Gasteiger partial charge in [-0.25, -0.2) is 0 Å². The molecule has 1 aromatic carbocycles. The molecule has 0 radical (unpaired) electrons. The topological polar surface area (TPSA) is 84.2 Å². The molecule has 0 atom stereocenters. The third kappa shape index (κ3) is 5.67. The number of aryl methyl sites for hydroxylation is 2. The second kappa shape index (κ2) is 9.71. The molecule has 2 heterocycles. The van der Waals surface area contributed by atoms with Crippen LogP contribution >= 0.6 is 0 Å². The van der Waals surface area contributed by atoms with Crippen molar-refractivity contribution in [2.45, 2.75) is 45.7 Å². The zero-order valence-electron chi connectivity index (χ0n) is 18.3. The molecule has 1 amide bonds. The fourth-order valence-corrected chi connectivity index (χ4v) is 3.54. The van der Waals surface area contributed by atoms with E-state index in [1.54, 1.807) is 26.2 Å². The molecule has 2 aromatic heterocycles. The van der Waals surface area contributed by atoms with Gasteiger partial charge in [0.05, 0.1) is 12.1 Å². The number of hydrogen-bond donors (Lipinski definition) is 2. The van der Waals surface area contributed by atoms with Crippen LogP contribution in [0.4, 0.5) is 0 Å². The first-order valence-corrected chi connectivity index (χ1v) is 10.4. The van der Waals surface area contributed by atoms with Crippen molar-refractivity contribution >= 4 is 5.91 Å². The zero-order chi connectivity index (χ0) is 22.4. The van der Waals surface area contributed by atoms with Crippen molar-refractivity contribution in [1.82, 2.24) is 14.9 Å². The number of benzene rings is 1. The molecule has 0 aliphatic carbocycles. The van der Waals surface area contributed by atoms with Gasteiger partial charge in [-0.2, -0.15) is 0 Å². The van der Waals surface area contributed by atoms with Crippen LogP contribution in [0.2, 0.25) is 0 Å². The van der Waals surface area contributed by atoms with Gasteiger partial charge in [0.1, 0.15) is 5.56 Å². The summed E-state index contributed by atoms with van der Waals surface area (Å²) in [5.41, 5.74) is 2.65. The molecule has 0 saturated heterocycles. The number of hydrogen-bond acceptors (Lipinski definition) is 4. The van der Waals surface area contributed by atoms with E-state index in [1.165, 1.54) is 6.07 Å². The van der Waals surface area contributed by atoms with Gasteiger partial charge >= 0.3 is 0 Å². The number of pyridine rings is 2. The molecule has 0 unspecified atom stereocenters. The van der Waals surface area contributed by atoms with Crippen LogP contribution in [0, 0.1) is 6.92 Å². The predicted molar refractivity (Wildman–Crippen MR) is 121 cm³/mol. The first kappa shape index (κ1) is 22.4. The molecule has 162 valence electrons. The van der Waals surface area contributed by atoms with Crippen LogP contribution in [0.5, 0.6) is 0 Å². The van der Waals surface area contributed by atoms with E-state index < -0.39 is 11.4 Å². The van der Waals surface area contributed by atoms with Crippen LogP contribution in [0.15, 0.2) is 65.7 Å². The first-order chi connectivity index (χ1) is 14.8. The predicted octanol–water partition coefficient (Wildman–Crippen LogP) is 2.89. The van der Waals surface area contributed by atoms with E-state index in [1.807, 2.05) is 54.0 Å². The summed E-state index contributed by atoms with van der Waals surface area (Å²) in [7, 11) is 0. The van der Waals surface area contributed by atoms with Crippen LogP contribution in [0.3, 0.4) is 0 Å². The molecule has 0 spiro atoms.